The number of hydrogen-bond donors (Lipinski definition) is 1. The average Bonchev–Trinajstić information content (AvgIpc) is 3.01. The lowest BCUT2D eigenvalue weighted by Gasteiger charge is -2.35. The van der Waals surface area contributed by atoms with Crippen molar-refractivity contribution in [1.29, 1.82) is 0 Å². The Hall–Kier alpha value is -1.48. The van der Waals surface area contributed by atoms with Gasteiger partial charge >= 0.3 is 0 Å². The van der Waals surface area contributed by atoms with Gasteiger partial charge in [-0.15, -0.1) is 0 Å². The molecule has 1 N–H and O–H groups in total. The molecule has 2 heterocycles. The maximum Gasteiger partial charge on any atom is 0.241 e. The second-order valence-electron chi connectivity index (χ2n) is 7.47. The van der Waals surface area contributed by atoms with E-state index in [-0.39, 0.29) is 23.6 Å². The van der Waals surface area contributed by atoms with Crippen molar-refractivity contribution in [2.45, 2.75) is 36.2 Å². The summed E-state index contributed by atoms with van der Waals surface area (Å²) >= 11 is 0. The molecule has 0 bridgehead atoms. The van der Waals surface area contributed by atoms with Crippen LogP contribution in [-0.2, 0) is 19.9 Å². The molecule has 2 aromatic carbocycles. The molecular weight excluding hydrogens is 384 g/mol. The molecule has 4 rings (SSSR count). The van der Waals surface area contributed by atoms with Crippen molar-refractivity contribution in [2.24, 2.45) is 0 Å². The Kier molecular flexibility index (Phi) is 5.00. The lowest BCUT2D eigenvalue weighted by molar-refractivity contribution is 0.161. The molecule has 6 nitrogen and oxygen atoms in total. The molecule has 0 radical (unpaired) electrons. The summed E-state index contributed by atoms with van der Waals surface area (Å²) in [6.45, 7) is 1.45. The van der Waals surface area contributed by atoms with Crippen molar-refractivity contribution in [3.8, 4) is 0 Å². The zero-order valence-corrected chi connectivity index (χ0v) is 16.7. The first-order chi connectivity index (χ1) is 12.8. The third-order valence-electron chi connectivity index (χ3n) is 5.62. The number of nitrogens with zero attached hydrogens (tertiary/aromatic N) is 1. The minimum absolute atomic E-state index is 0.0885. The fourth-order valence-corrected chi connectivity index (χ4v) is 7.45. The van der Waals surface area contributed by atoms with Gasteiger partial charge in [0.1, 0.15) is 0 Å². The van der Waals surface area contributed by atoms with E-state index in [1.807, 2.05) is 30.3 Å². The predicted octanol–water partition coefficient (Wildman–Crippen LogP) is 1.77. The minimum Gasteiger partial charge on any atom is -0.299 e. The van der Waals surface area contributed by atoms with Crippen LogP contribution >= 0.6 is 0 Å². The Morgan fingerprint density at radius 2 is 1.67 bits per heavy atom. The van der Waals surface area contributed by atoms with Crippen LogP contribution in [0.25, 0.3) is 10.8 Å². The van der Waals surface area contributed by atoms with Gasteiger partial charge in [-0.05, 0) is 43.8 Å². The third-order valence-corrected chi connectivity index (χ3v) is 8.94. The van der Waals surface area contributed by atoms with Gasteiger partial charge in [-0.2, -0.15) is 0 Å². The topological polar surface area (TPSA) is 83.6 Å². The quantitative estimate of drug-likeness (QED) is 0.834. The number of likely N-dealkylation sites (tertiary alicyclic amines) is 1. The van der Waals surface area contributed by atoms with E-state index in [2.05, 4.69) is 9.62 Å². The largest absolute Gasteiger partial charge is 0.299 e. The van der Waals surface area contributed by atoms with E-state index in [0.717, 1.165) is 23.9 Å². The SMILES string of the molecule is O=S1(=O)CC[C@H](N2CCC(NS(=O)(=O)c3cccc4ccccc34)CC2)C1. The first-order valence-corrected chi connectivity index (χ1v) is 12.6. The summed E-state index contributed by atoms with van der Waals surface area (Å²) in [5.74, 6) is 0.505. The van der Waals surface area contributed by atoms with Crippen molar-refractivity contribution in [1.82, 2.24) is 9.62 Å². The molecule has 1 atom stereocenters. The van der Waals surface area contributed by atoms with E-state index in [4.69, 9.17) is 0 Å². The summed E-state index contributed by atoms with van der Waals surface area (Å²) in [5.41, 5.74) is 0. The Bertz CT molecular complexity index is 1040. The molecule has 8 heteroatoms. The molecule has 2 aliphatic heterocycles. The lowest BCUT2D eigenvalue weighted by Crippen LogP contribution is -2.48. The van der Waals surface area contributed by atoms with E-state index in [9.17, 15) is 16.8 Å². The van der Waals surface area contributed by atoms with Gasteiger partial charge in [0.15, 0.2) is 9.84 Å². The van der Waals surface area contributed by atoms with Crippen LogP contribution in [0.3, 0.4) is 0 Å². The second-order valence-corrected chi connectivity index (χ2v) is 11.4. The van der Waals surface area contributed by atoms with Crippen molar-refractivity contribution < 1.29 is 16.8 Å². The van der Waals surface area contributed by atoms with E-state index < -0.39 is 19.9 Å². The van der Waals surface area contributed by atoms with E-state index in [1.54, 1.807) is 12.1 Å². The molecule has 0 aliphatic carbocycles. The number of rotatable bonds is 4. The summed E-state index contributed by atoms with van der Waals surface area (Å²) in [7, 11) is -6.50. The number of hydrogen-bond acceptors (Lipinski definition) is 5. The highest BCUT2D eigenvalue weighted by Gasteiger charge is 2.34. The molecule has 0 unspecified atom stereocenters. The Morgan fingerprint density at radius 3 is 2.37 bits per heavy atom. The standard InChI is InChI=1S/C19H24N2O4S2/c22-26(23)13-10-17(14-26)21-11-8-16(9-12-21)20-27(24,25)19-7-3-5-15-4-1-2-6-18(15)19/h1-7,16-17,20H,8-14H2/t17-/m0/s1. The first-order valence-electron chi connectivity index (χ1n) is 9.29. The predicted molar refractivity (Wildman–Crippen MR) is 106 cm³/mol. The number of benzene rings is 2. The molecular formula is C19H24N2O4S2. The normalized spacial score (nSPS) is 24.4. The molecule has 2 aliphatic rings. The first kappa shape index (κ1) is 18.9. The number of piperidine rings is 1. The Labute approximate surface area is 160 Å². The Balaban J connectivity index is 1.44. The van der Waals surface area contributed by atoms with Crippen molar-refractivity contribution in [3.05, 3.63) is 42.5 Å². The van der Waals surface area contributed by atoms with E-state index in [0.29, 0.717) is 24.2 Å². The highest BCUT2D eigenvalue weighted by atomic mass is 32.2. The van der Waals surface area contributed by atoms with Gasteiger partial charge in [-0.25, -0.2) is 21.6 Å². The fraction of sp³-hybridized carbons (Fsp3) is 0.474. The number of sulfone groups is 1. The lowest BCUT2D eigenvalue weighted by atomic mass is 10.0. The van der Waals surface area contributed by atoms with Crippen LogP contribution < -0.4 is 4.72 Å². The molecule has 146 valence electrons. The number of sulfonamides is 1. The monoisotopic (exact) mass is 408 g/mol. The second kappa shape index (κ2) is 7.16. The van der Waals surface area contributed by atoms with E-state index in [1.165, 1.54) is 0 Å². The number of nitrogens with one attached hydrogen (secondary N) is 1. The Morgan fingerprint density at radius 1 is 0.963 bits per heavy atom. The summed E-state index contributed by atoms with van der Waals surface area (Å²) in [4.78, 5) is 2.51. The van der Waals surface area contributed by atoms with Gasteiger partial charge in [-0.3, -0.25) is 4.90 Å². The van der Waals surface area contributed by atoms with Crippen LogP contribution in [0.5, 0.6) is 0 Å². The maximum absolute atomic E-state index is 12.9. The molecule has 0 aromatic heterocycles. The van der Waals surface area contributed by atoms with Gasteiger partial charge < -0.3 is 0 Å². The van der Waals surface area contributed by atoms with Gasteiger partial charge in [0.25, 0.3) is 0 Å². The van der Waals surface area contributed by atoms with Gasteiger partial charge in [0.05, 0.1) is 16.4 Å². The molecule has 0 spiro atoms. The van der Waals surface area contributed by atoms with Crippen LogP contribution in [0, 0.1) is 0 Å². The van der Waals surface area contributed by atoms with Crippen molar-refractivity contribution >= 4 is 30.6 Å². The summed E-state index contributed by atoms with van der Waals surface area (Å²) in [5, 5.41) is 1.62. The molecule has 0 saturated carbocycles. The summed E-state index contributed by atoms with van der Waals surface area (Å²) in [6, 6.07) is 12.7. The molecule has 0 amide bonds. The number of fused-ring (bicyclic) bond motifs is 1. The van der Waals surface area contributed by atoms with Gasteiger partial charge in [-0.1, -0.05) is 36.4 Å². The molecule has 2 fully saturated rings. The van der Waals surface area contributed by atoms with E-state index >= 15 is 0 Å². The minimum atomic E-state index is -3.61. The van der Waals surface area contributed by atoms with Crippen molar-refractivity contribution in [3.63, 3.8) is 0 Å². The maximum atomic E-state index is 12.9. The zero-order chi connectivity index (χ0) is 19.1. The highest BCUT2D eigenvalue weighted by molar-refractivity contribution is 7.91. The van der Waals surface area contributed by atoms with Gasteiger partial charge in [0.2, 0.25) is 10.0 Å². The average molecular weight is 409 g/mol. The molecule has 27 heavy (non-hydrogen) atoms. The van der Waals surface area contributed by atoms with Crippen LogP contribution in [0.1, 0.15) is 19.3 Å². The van der Waals surface area contributed by atoms with Crippen LogP contribution in [-0.4, -0.2) is 58.4 Å². The zero-order valence-electron chi connectivity index (χ0n) is 15.0. The summed E-state index contributed by atoms with van der Waals surface area (Å²) in [6.07, 6.45) is 2.08. The highest BCUT2D eigenvalue weighted by Crippen LogP contribution is 2.25. The van der Waals surface area contributed by atoms with Crippen molar-refractivity contribution in [2.75, 3.05) is 24.6 Å². The fourth-order valence-electron chi connectivity index (χ4n) is 4.16. The van der Waals surface area contributed by atoms with Gasteiger partial charge in [0, 0.05) is 17.5 Å². The summed E-state index contributed by atoms with van der Waals surface area (Å²) < 4.78 is 52.1. The van der Waals surface area contributed by atoms with Crippen LogP contribution in [0.2, 0.25) is 0 Å². The van der Waals surface area contributed by atoms with Crippen LogP contribution in [0.15, 0.2) is 47.4 Å². The third kappa shape index (κ3) is 4.03. The molecule has 2 saturated heterocycles. The smallest absolute Gasteiger partial charge is 0.241 e. The molecule has 2 aromatic rings. The van der Waals surface area contributed by atoms with Crippen LogP contribution in [0.4, 0.5) is 0 Å².